The molecule has 3 aliphatic rings. The van der Waals surface area contributed by atoms with Crippen LogP contribution in [-0.2, 0) is 9.53 Å². The number of likely N-dealkylation sites (tertiary alicyclic amines) is 1. The molecule has 2 amide bonds. The molecule has 2 atom stereocenters. The molecule has 5 rings (SSSR count). The number of rotatable bonds is 3. The average Bonchev–Trinajstić information content (AvgIpc) is 3.32. The highest BCUT2D eigenvalue weighted by Gasteiger charge is 2.58. The largest absolute Gasteiger partial charge is 0.497 e. The van der Waals surface area contributed by atoms with Crippen LogP contribution in [0.5, 0.6) is 5.75 Å². The molecule has 0 saturated carbocycles. The van der Waals surface area contributed by atoms with Crippen molar-refractivity contribution in [2.24, 2.45) is 0 Å². The number of hydrogen-bond donors (Lipinski definition) is 0. The number of methoxy groups -OCH3 is 1. The Hall–Kier alpha value is -2.93. The van der Waals surface area contributed by atoms with E-state index in [1.165, 1.54) is 19.2 Å². The van der Waals surface area contributed by atoms with E-state index in [1.807, 2.05) is 18.2 Å². The molecule has 0 radical (unpaired) electrons. The van der Waals surface area contributed by atoms with Crippen LogP contribution in [0.2, 0.25) is 0 Å². The van der Waals surface area contributed by atoms with Crippen LogP contribution < -0.4 is 4.74 Å². The zero-order valence-corrected chi connectivity index (χ0v) is 17.4. The van der Waals surface area contributed by atoms with Gasteiger partial charge in [0.15, 0.2) is 5.60 Å². The van der Waals surface area contributed by atoms with Gasteiger partial charge in [0, 0.05) is 37.6 Å². The molecule has 0 bridgehead atoms. The van der Waals surface area contributed by atoms with Gasteiger partial charge in [-0.1, -0.05) is 18.2 Å². The van der Waals surface area contributed by atoms with Crippen molar-refractivity contribution in [3.63, 3.8) is 0 Å². The lowest BCUT2D eigenvalue weighted by Gasteiger charge is -2.37. The van der Waals surface area contributed by atoms with Gasteiger partial charge in [0.05, 0.1) is 13.2 Å². The van der Waals surface area contributed by atoms with E-state index in [4.69, 9.17) is 9.47 Å². The molecule has 3 fully saturated rings. The monoisotopic (exact) mass is 424 g/mol. The maximum Gasteiger partial charge on any atom is 0.257 e. The summed E-state index contributed by atoms with van der Waals surface area (Å²) in [6.07, 6.45) is 2.07. The summed E-state index contributed by atoms with van der Waals surface area (Å²) >= 11 is 0. The molecule has 2 aromatic carbocycles. The number of carbonyl (C=O) groups is 2. The minimum Gasteiger partial charge on any atom is -0.497 e. The van der Waals surface area contributed by atoms with Gasteiger partial charge in [-0.15, -0.1) is 0 Å². The highest BCUT2D eigenvalue weighted by Crippen LogP contribution is 2.48. The van der Waals surface area contributed by atoms with Crippen molar-refractivity contribution < 1.29 is 23.5 Å². The third kappa shape index (κ3) is 3.37. The van der Waals surface area contributed by atoms with E-state index in [0.717, 1.165) is 12.0 Å². The molecular weight excluding hydrogens is 399 g/mol. The molecule has 3 saturated heterocycles. The third-order valence-electron chi connectivity index (χ3n) is 6.71. The van der Waals surface area contributed by atoms with E-state index in [9.17, 15) is 14.0 Å². The summed E-state index contributed by atoms with van der Waals surface area (Å²) in [4.78, 5) is 29.8. The van der Waals surface area contributed by atoms with Crippen molar-refractivity contribution in [2.75, 3.05) is 20.2 Å². The van der Waals surface area contributed by atoms with E-state index >= 15 is 0 Å². The summed E-state index contributed by atoms with van der Waals surface area (Å²) in [7, 11) is 1.50. The van der Waals surface area contributed by atoms with Crippen molar-refractivity contribution in [3.8, 4) is 5.75 Å². The fraction of sp³-hybridized carbons (Fsp3) is 0.417. The molecule has 7 heteroatoms. The molecule has 1 spiro atoms. The molecule has 0 N–H and O–H groups in total. The molecule has 3 aliphatic heterocycles. The van der Waals surface area contributed by atoms with Crippen molar-refractivity contribution >= 4 is 11.8 Å². The van der Waals surface area contributed by atoms with Crippen molar-refractivity contribution in [1.82, 2.24) is 9.80 Å². The number of fused-ring (bicyclic) bond motifs is 1. The minimum atomic E-state index is -0.895. The first kappa shape index (κ1) is 20.0. The Labute approximate surface area is 180 Å². The number of amides is 2. The second-order valence-corrected chi connectivity index (χ2v) is 8.45. The standard InChI is InChI=1S/C24H25FN2O4/c1-30-19-14-17(13-18(25)15-19)20-7-8-21-27(20)23(29)24(31-21)9-11-26(12-10-24)22(28)16-5-3-2-4-6-16/h2-6,13-15,20-21H,7-12H2,1H3/t20-,21+/m0/s1. The van der Waals surface area contributed by atoms with Crippen LogP contribution in [0.1, 0.15) is 47.6 Å². The van der Waals surface area contributed by atoms with E-state index < -0.39 is 5.60 Å². The molecule has 162 valence electrons. The molecule has 6 nitrogen and oxygen atoms in total. The quantitative estimate of drug-likeness (QED) is 0.757. The lowest BCUT2D eigenvalue weighted by Crippen LogP contribution is -2.51. The first-order valence-electron chi connectivity index (χ1n) is 10.7. The van der Waals surface area contributed by atoms with Gasteiger partial charge in [-0.3, -0.25) is 9.59 Å². The Morgan fingerprint density at radius 1 is 1.13 bits per heavy atom. The minimum absolute atomic E-state index is 0.0221. The van der Waals surface area contributed by atoms with E-state index in [-0.39, 0.29) is 29.9 Å². The van der Waals surface area contributed by atoms with Crippen LogP contribution in [-0.4, -0.2) is 53.6 Å². The van der Waals surface area contributed by atoms with Gasteiger partial charge in [-0.05, 0) is 42.7 Å². The Bertz CT molecular complexity index is 1000. The Balaban J connectivity index is 1.32. The van der Waals surface area contributed by atoms with Gasteiger partial charge in [0.25, 0.3) is 11.8 Å². The van der Waals surface area contributed by atoms with Gasteiger partial charge in [-0.2, -0.15) is 0 Å². The Morgan fingerprint density at radius 3 is 2.58 bits per heavy atom. The molecule has 0 unspecified atom stereocenters. The third-order valence-corrected chi connectivity index (χ3v) is 6.71. The maximum atomic E-state index is 14.1. The number of ether oxygens (including phenoxy) is 2. The van der Waals surface area contributed by atoms with E-state index in [2.05, 4.69) is 0 Å². The fourth-order valence-corrected chi connectivity index (χ4v) is 5.10. The molecular formula is C24H25FN2O4. The summed E-state index contributed by atoms with van der Waals surface area (Å²) < 4.78 is 25.6. The first-order chi connectivity index (χ1) is 15.0. The SMILES string of the molecule is COc1cc(F)cc([C@@H]2CC[C@H]3OC4(CCN(C(=O)c5ccccc5)CC4)C(=O)N32)c1. The topological polar surface area (TPSA) is 59.1 Å². The van der Waals surface area contributed by atoms with E-state index in [1.54, 1.807) is 28.0 Å². The summed E-state index contributed by atoms with van der Waals surface area (Å²) in [5, 5.41) is 0. The summed E-state index contributed by atoms with van der Waals surface area (Å²) in [6, 6.07) is 13.5. The fourth-order valence-electron chi connectivity index (χ4n) is 5.10. The molecule has 3 heterocycles. The number of halogens is 1. The van der Waals surface area contributed by atoms with Crippen molar-refractivity contribution in [1.29, 1.82) is 0 Å². The van der Waals surface area contributed by atoms with E-state index in [0.29, 0.717) is 43.7 Å². The van der Waals surface area contributed by atoms with Gasteiger partial charge >= 0.3 is 0 Å². The zero-order valence-electron chi connectivity index (χ0n) is 17.4. The molecule has 2 aromatic rings. The second kappa shape index (κ2) is 7.64. The van der Waals surface area contributed by atoms with Crippen LogP contribution in [0, 0.1) is 5.82 Å². The smallest absolute Gasteiger partial charge is 0.257 e. The first-order valence-corrected chi connectivity index (χ1v) is 10.7. The second-order valence-electron chi connectivity index (χ2n) is 8.45. The van der Waals surface area contributed by atoms with Crippen molar-refractivity contribution in [2.45, 2.75) is 43.6 Å². The van der Waals surface area contributed by atoms with Crippen LogP contribution in [0.4, 0.5) is 4.39 Å². The molecule has 0 aliphatic carbocycles. The number of piperidine rings is 1. The van der Waals surface area contributed by atoms with Crippen LogP contribution in [0.3, 0.4) is 0 Å². The van der Waals surface area contributed by atoms with Gasteiger partial charge in [0.2, 0.25) is 0 Å². The lowest BCUT2D eigenvalue weighted by atomic mass is 9.89. The van der Waals surface area contributed by atoms with Gasteiger partial charge in [-0.25, -0.2) is 4.39 Å². The number of benzene rings is 2. The molecule has 0 aromatic heterocycles. The maximum absolute atomic E-state index is 14.1. The van der Waals surface area contributed by atoms with Gasteiger partial charge < -0.3 is 19.3 Å². The number of hydrogen-bond acceptors (Lipinski definition) is 4. The highest BCUT2D eigenvalue weighted by atomic mass is 19.1. The zero-order chi connectivity index (χ0) is 21.6. The van der Waals surface area contributed by atoms with Crippen LogP contribution in [0.25, 0.3) is 0 Å². The highest BCUT2D eigenvalue weighted by molar-refractivity contribution is 5.95. The van der Waals surface area contributed by atoms with Crippen LogP contribution >= 0.6 is 0 Å². The number of nitrogens with zero attached hydrogens (tertiary/aromatic N) is 2. The average molecular weight is 424 g/mol. The molecule has 31 heavy (non-hydrogen) atoms. The lowest BCUT2D eigenvalue weighted by molar-refractivity contribution is -0.142. The Morgan fingerprint density at radius 2 is 1.87 bits per heavy atom. The van der Waals surface area contributed by atoms with Gasteiger partial charge in [0.1, 0.15) is 17.8 Å². The summed E-state index contributed by atoms with van der Waals surface area (Å²) in [6.45, 7) is 0.941. The summed E-state index contributed by atoms with van der Waals surface area (Å²) in [5.74, 6) is -0.0116. The normalized spacial score (nSPS) is 24.5. The summed E-state index contributed by atoms with van der Waals surface area (Å²) in [5.41, 5.74) is 0.483. The Kier molecular flexibility index (Phi) is 4.93. The van der Waals surface area contributed by atoms with Crippen LogP contribution in [0.15, 0.2) is 48.5 Å². The number of carbonyl (C=O) groups excluding carboxylic acids is 2. The van der Waals surface area contributed by atoms with Crippen molar-refractivity contribution in [3.05, 3.63) is 65.5 Å². The predicted molar refractivity (Wildman–Crippen MR) is 111 cm³/mol. The predicted octanol–water partition coefficient (Wildman–Crippen LogP) is 3.53.